The smallest absolute Gasteiger partial charge is 0.413 e. The second-order valence-electron chi connectivity index (χ2n) is 12.4. The van der Waals surface area contributed by atoms with Gasteiger partial charge in [0.2, 0.25) is 0 Å². The van der Waals surface area contributed by atoms with E-state index in [0.29, 0.717) is 12.8 Å². The summed E-state index contributed by atoms with van der Waals surface area (Å²) < 4.78 is 6.09. The fraction of sp³-hybridized carbons (Fsp3) is 0.952. The molecule has 1 spiro atoms. The minimum atomic E-state index is -1.32. The summed E-state index contributed by atoms with van der Waals surface area (Å²) in [4.78, 5) is 14.8. The number of quaternary nitrogens is 2. The highest BCUT2D eigenvalue weighted by Gasteiger charge is 2.70. The molecule has 5 N–H and O–H groups in total. The van der Waals surface area contributed by atoms with Crippen molar-refractivity contribution in [2.24, 2.45) is 0 Å². The van der Waals surface area contributed by atoms with E-state index in [-0.39, 0.29) is 34.3 Å². The summed E-state index contributed by atoms with van der Waals surface area (Å²) in [5.41, 5.74) is -2.39. The monoisotopic (exact) mass is 383 g/mol. The van der Waals surface area contributed by atoms with Crippen molar-refractivity contribution in [3.63, 3.8) is 0 Å². The van der Waals surface area contributed by atoms with Gasteiger partial charge in [-0.15, -0.1) is 0 Å². The van der Waals surface area contributed by atoms with Crippen molar-refractivity contribution < 1.29 is 25.3 Å². The van der Waals surface area contributed by atoms with E-state index in [2.05, 4.69) is 66.0 Å². The number of nitrogens with two attached hydrogens (primary N) is 2. The molecule has 3 saturated heterocycles. The lowest BCUT2D eigenvalue weighted by atomic mass is 9.68. The second kappa shape index (κ2) is 5.61. The largest absolute Gasteiger partial charge is 0.437 e. The predicted molar refractivity (Wildman–Crippen MR) is 104 cm³/mol. The van der Waals surface area contributed by atoms with Crippen molar-refractivity contribution >= 4 is 6.09 Å². The molecule has 0 radical (unpaired) electrons. The lowest BCUT2D eigenvalue weighted by Gasteiger charge is -2.53. The molecule has 3 aliphatic rings. The summed E-state index contributed by atoms with van der Waals surface area (Å²) >= 11 is 0. The molecule has 156 valence electrons. The Hall–Kier alpha value is -0.850. The summed E-state index contributed by atoms with van der Waals surface area (Å²) in [5.74, 6) is 0. The zero-order valence-corrected chi connectivity index (χ0v) is 18.8. The van der Waals surface area contributed by atoms with Crippen LogP contribution in [0.25, 0.3) is 0 Å². The van der Waals surface area contributed by atoms with Crippen LogP contribution in [0.15, 0.2) is 0 Å². The lowest BCUT2D eigenvalue weighted by Crippen LogP contribution is -3.07. The third kappa shape index (κ3) is 3.60. The molecule has 3 rings (SSSR count). The molecule has 27 heavy (non-hydrogen) atoms. The van der Waals surface area contributed by atoms with Crippen LogP contribution in [0.5, 0.6) is 0 Å². The molecule has 3 heterocycles. The van der Waals surface area contributed by atoms with Crippen molar-refractivity contribution in [3.05, 3.63) is 0 Å². The summed E-state index contributed by atoms with van der Waals surface area (Å²) in [6.07, 6.45) is 2.62. The average molecular weight is 384 g/mol. The van der Waals surface area contributed by atoms with Gasteiger partial charge >= 0.3 is 6.09 Å². The first-order valence-electron chi connectivity index (χ1n) is 10.4. The van der Waals surface area contributed by atoms with Gasteiger partial charge in [0, 0.05) is 31.7 Å². The van der Waals surface area contributed by atoms with Gasteiger partial charge in [-0.3, -0.25) is 4.90 Å². The molecular weight excluding hydrogens is 342 g/mol. The molecule has 3 aliphatic heterocycles. The molecule has 0 unspecified atom stereocenters. The maximum atomic E-state index is 13.1. The Kier molecular flexibility index (Phi) is 4.33. The molecular formula is C21H41N3O3+2. The molecule has 0 aromatic rings. The summed E-state index contributed by atoms with van der Waals surface area (Å²) in [6.45, 7) is 19.3. The van der Waals surface area contributed by atoms with E-state index in [0.717, 1.165) is 12.8 Å². The zero-order chi connectivity index (χ0) is 20.7. The van der Waals surface area contributed by atoms with Crippen LogP contribution < -0.4 is 10.6 Å². The van der Waals surface area contributed by atoms with Gasteiger partial charge in [-0.2, -0.15) is 0 Å². The highest BCUT2D eigenvalue weighted by Crippen LogP contribution is 2.50. The number of hydrogen-bond donors (Lipinski definition) is 3. The number of amides is 1. The van der Waals surface area contributed by atoms with Crippen LogP contribution in [0.2, 0.25) is 0 Å². The number of aliphatic hydroxyl groups is 1. The van der Waals surface area contributed by atoms with E-state index < -0.39 is 11.3 Å². The highest BCUT2D eigenvalue weighted by molar-refractivity contribution is 5.73. The summed E-state index contributed by atoms with van der Waals surface area (Å²) in [7, 11) is 0. The second-order valence-corrected chi connectivity index (χ2v) is 12.4. The van der Waals surface area contributed by atoms with E-state index in [9.17, 15) is 9.90 Å². The van der Waals surface area contributed by atoms with Crippen LogP contribution in [0, 0.1) is 0 Å². The number of piperidine rings is 2. The van der Waals surface area contributed by atoms with Gasteiger partial charge in [0.25, 0.3) is 0 Å². The topological polar surface area (TPSA) is 83.0 Å². The van der Waals surface area contributed by atoms with Crippen LogP contribution in [-0.2, 0) is 4.74 Å². The Morgan fingerprint density at radius 2 is 1.26 bits per heavy atom. The van der Waals surface area contributed by atoms with Crippen LogP contribution >= 0.6 is 0 Å². The van der Waals surface area contributed by atoms with Crippen molar-refractivity contribution in [3.8, 4) is 0 Å². The van der Waals surface area contributed by atoms with Crippen molar-refractivity contribution in [2.45, 2.75) is 128 Å². The minimum Gasteiger partial charge on any atom is -0.437 e. The van der Waals surface area contributed by atoms with Gasteiger partial charge in [0.15, 0.2) is 11.3 Å². The Balaban J connectivity index is 1.99. The van der Waals surface area contributed by atoms with Crippen LogP contribution in [0.1, 0.15) is 88.0 Å². The fourth-order valence-electron chi connectivity index (χ4n) is 6.96. The molecule has 0 aromatic heterocycles. The van der Waals surface area contributed by atoms with Crippen molar-refractivity contribution in [1.29, 1.82) is 0 Å². The van der Waals surface area contributed by atoms with E-state index >= 15 is 0 Å². The number of nitrogens with zero attached hydrogens (tertiary/aromatic N) is 1. The molecule has 6 nitrogen and oxygen atoms in total. The highest BCUT2D eigenvalue weighted by atomic mass is 16.6. The van der Waals surface area contributed by atoms with Gasteiger partial charge in [-0.25, -0.2) is 4.79 Å². The number of ether oxygens (including phenoxy) is 1. The van der Waals surface area contributed by atoms with Crippen LogP contribution in [-0.4, -0.2) is 55.6 Å². The third-order valence-corrected chi connectivity index (χ3v) is 6.75. The molecule has 1 amide bonds. The number of carbonyl (C=O) groups excluding carboxylic acids is 1. The van der Waals surface area contributed by atoms with E-state index in [1.807, 2.05) is 0 Å². The molecule has 0 bridgehead atoms. The van der Waals surface area contributed by atoms with Gasteiger partial charge < -0.3 is 20.5 Å². The maximum Gasteiger partial charge on any atom is 0.413 e. The zero-order valence-electron chi connectivity index (χ0n) is 18.8. The molecule has 3 fully saturated rings. The van der Waals surface area contributed by atoms with Gasteiger partial charge in [0.1, 0.15) is 0 Å². The predicted octanol–water partition coefficient (Wildman–Crippen LogP) is 1.08. The lowest BCUT2D eigenvalue weighted by molar-refractivity contribution is -0.794. The SMILES string of the molecule is CC1(C)CC(N2C(=O)OC3(CC(C)(C)[NH2+]C(C)(C)C3)[C@@]2(C)O)CC(C)(C)[NH2+]1. The average Bonchev–Trinajstić information content (AvgIpc) is 2.45. The molecule has 1 atom stereocenters. The molecule has 0 aliphatic carbocycles. The Labute approximate surface area is 164 Å². The van der Waals surface area contributed by atoms with E-state index in [1.54, 1.807) is 11.8 Å². The molecule has 0 aromatic carbocycles. The number of carbonyl (C=O) groups is 1. The van der Waals surface area contributed by atoms with Gasteiger partial charge in [-0.1, -0.05) is 0 Å². The number of hydrogen-bond acceptors (Lipinski definition) is 3. The van der Waals surface area contributed by atoms with Crippen LogP contribution in [0.4, 0.5) is 4.79 Å². The first-order valence-corrected chi connectivity index (χ1v) is 10.4. The summed E-state index contributed by atoms with van der Waals surface area (Å²) in [6, 6.07) is -0.0287. The van der Waals surface area contributed by atoms with E-state index in [1.165, 1.54) is 0 Å². The first-order chi connectivity index (χ1) is 11.9. The molecule has 6 heteroatoms. The van der Waals surface area contributed by atoms with Crippen molar-refractivity contribution in [2.75, 3.05) is 0 Å². The Morgan fingerprint density at radius 1 is 0.852 bits per heavy atom. The standard InChI is InChI=1S/C21H39N3O3/c1-16(2)10-14(11-17(3,4)22-16)24-15(25)27-21(20(24,9)26)12-18(5,6)23-19(7,8)13-21/h14,22-23,26H,10-13H2,1-9H3/p+2/t20-/m1/s1. The fourth-order valence-corrected chi connectivity index (χ4v) is 6.96. The first kappa shape index (κ1) is 20.9. The van der Waals surface area contributed by atoms with E-state index in [4.69, 9.17) is 4.74 Å². The van der Waals surface area contributed by atoms with Crippen LogP contribution in [0.3, 0.4) is 0 Å². The normalized spacial score (nSPS) is 36.7. The minimum absolute atomic E-state index is 0.0113. The summed E-state index contributed by atoms with van der Waals surface area (Å²) in [5, 5.41) is 16.6. The number of rotatable bonds is 1. The van der Waals surface area contributed by atoms with Gasteiger partial charge in [-0.05, 0) is 62.3 Å². The van der Waals surface area contributed by atoms with Gasteiger partial charge in [0.05, 0.1) is 22.2 Å². The Bertz CT molecular complexity index is 605. The third-order valence-electron chi connectivity index (χ3n) is 6.75. The quantitative estimate of drug-likeness (QED) is 0.634. The van der Waals surface area contributed by atoms with Crippen molar-refractivity contribution in [1.82, 2.24) is 4.90 Å². The maximum absolute atomic E-state index is 13.1. The molecule has 0 saturated carbocycles. The Morgan fingerprint density at radius 3 is 1.70 bits per heavy atom.